The molecular formula is C21H25ClN2O2. The number of hydrogen-bond donors (Lipinski definition) is 0. The molecule has 2 rings (SSSR count). The predicted molar refractivity (Wildman–Crippen MR) is 108 cm³/mol. The molecule has 0 spiro atoms. The van der Waals surface area contributed by atoms with Crippen molar-refractivity contribution in [3.63, 3.8) is 0 Å². The Hall–Kier alpha value is -2.33. The van der Waals surface area contributed by atoms with Gasteiger partial charge in [-0.25, -0.2) is 0 Å². The van der Waals surface area contributed by atoms with Crippen molar-refractivity contribution < 1.29 is 9.59 Å². The second-order valence-electron chi connectivity index (χ2n) is 6.31. The van der Waals surface area contributed by atoms with Gasteiger partial charge in [-0.05, 0) is 50.1 Å². The van der Waals surface area contributed by atoms with Gasteiger partial charge in [0, 0.05) is 32.1 Å². The van der Waals surface area contributed by atoms with Crippen LogP contribution in [0, 0.1) is 13.8 Å². The van der Waals surface area contributed by atoms with Gasteiger partial charge < -0.3 is 9.80 Å². The second kappa shape index (κ2) is 8.86. The Morgan fingerprint density at radius 2 is 1.69 bits per heavy atom. The van der Waals surface area contributed by atoms with Crippen LogP contribution in [0.1, 0.15) is 31.4 Å². The normalized spacial score (nSPS) is 10.5. The van der Waals surface area contributed by atoms with Crippen molar-refractivity contribution >= 4 is 34.8 Å². The van der Waals surface area contributed by atoms with Crippen molar-refractivity contribution in [1.29, 1.82) is 0 Å². The fourth-order valence-electron chi connectivity index (χ4n) is 3.13. The molecule has 0 radical (unpaired) electrons. The zero-order valence-corrected chi connectivity index (χ0v) is 16.5. The molecule has 2 amide bonds. The molecule has 0 bridgehead atoms. The molecule has 0 aliphatic heterocycles. The van der Waals surface area contributed by atoms with Gasteiger partial charge in [0.05, 0.1) is 10.7 Å². The average Bonchev–Trinajstić information content (AvgIpc) is 2.58. The van der Waals surface area contributed by atoms with E-state index < -0.39 is 0 Å². The van der Waals surface area contributed by atoms with E-state index in [-0.39, 0.29) is 18.2 Å². The first kappa shape index (κ1) is 20.0. The first-order valence-corrected chi connectivity index (χ1v) is 9.13. The van der Waals surface area contributed by atoms with Crippen molar-refractivity contribution in [3.8, 4) is 0 Å². The minimum absolute atomic E-state index is 0.0224. The molecule has 2 aromatic carbocycles. The summed E-state index contributed by atoms with van der Waals surface area (Å²) in [6.07, 6.45) is 0.228. The van der Waals surface area contributed by atoms with E-state index >= 15 is 0 Å². The lowest BCUT2D eigenvalue weighted by molar-refractivity contribution is -0.118. The number of anilines is 2. The van der Waals surface area contributed by atoms with Gasteiger partial charge in [0.15, 0.2) is 0 Å². The summed E-state index contributed by atoms with van der Waals surface area (Å²) in [7, 11) is 0. The zero-order chi connectivity index (χ0) is 19.3. The summed E-state index contributed by atoms with van der Waals surface area (Å²) in [5.74, 6) is -0.153. The van der Waals surface area contributed by atoms with Crippen LogP contribution in [0.2, 0.25) is 5.02 Å². The maximum Gasteiger partial charge on any atom is 0.228 e. The Morgan fingerprint density at radius 1 is 1.04 bits per heavy atom. The molecule has 0 atom stereocenters. The summed E-state index contributed by atoms with van der Waals surface area (Å²) in [5.41, 5.74) is 3.50. The summed E-state index contributed by atoms with van der Waals surface area (Å²) < 4.78 is 0. The van der Waals surface area contributed by atoms with Crippen LogP contribution < -0.4 is 9.80 Å². The zero-order valence-electron chi connectivity index (χ0n) is 15.8. The second-order valence-corrected chi connectivity index (χ2v) is 6.71. The Balaban J connectivity index is 2.19. The van der Waals surface area contributed by atoms with Crippen molar-refractivity contribution in [2.45, 2.75) is 34.1 Å². The van der Waals surface area contributed by atoms with Gasteiger partial charge in [-0.2, -0.15) is 0 Å². The fourth-order valence-corrected chi connectivity index (χ4v) is 3.55. The Labute approximate surface area is 160 Å². The van der Waals surface area contributed by atoms with Crippen LogP contribution in [-0.4, -0.2) is 24.9 Å². The molecule has 26 heavy (non-hydrogen) atoms. The molecule has 0 fully saturated rings. The number of aryl methyl sites for hydroxylation is 2. The molecule has 0 unspecified atom stereocenters. The number of nitrogens with zero attached hydrogens (tertiary/aromatic N) is 2. The summed E-state index contributed by atoms with van der Waals surface area (Å²) in [4.78, 5) is 28.2. The Bertz CT molecular complexity index is 767. The van der Waals surface area contributed by atoms with Gasteiger partial charge in [0.2, 0.25) is 11.8 Å². The first-order chi connectivity index (χ1) is 12.3. The van der Waals surface area contributed by atoms with Crippen molar-refractivity contribution in [3.05, 3.63) is 58.6 Å². The maximum absolute atomic E-state index is 12.7. The fraction of sp³-hybridized carbons (Fsp3) is 0.333. The van der Waals surface area contributed by atoms with Crippen LogP contribution in [0.5, 0.6) is 0 Å². The lowest BCUT2D eigenvalue weighted by Gasteiger charge is -2.26. The molecule has 138 valence electrons. The molecule has 0 heterocycles. The molecule has 2 aromatic rings. The van der Waals surface area contributed by atoms with E-state index in [9.17, 15) is 9.59 Å². The molecule has 0 aliphatic carbocycles. The van der Waals surface area contributed by atoms with E-state index in [0.717, 1.165) is 16.8 Å². The van der Waals surface area contributed by atoms with Crippen molar-refractivity contribution in [2.75, 3.05) is 22.9 Å². The van der Waals surface area contributed by atoms with Crippen LogP contribution >= 0.6 is 11.6 Å². The highest BCUT2D eigenvalue weighted by atomic mass is 35.5. The van der Waals surface area contributed by atoms with E-state index in [1.54, 1.807) is 9.80 Å². The number of para-hydroxylation sites is 1. The van der Waals surface area contributed by atoms with Gasteiger partial charge in [0.1, 0.15) is 0 Å². The van der Waals surface area contributed by atoms with Crippen molar-refractivity contribution in [1.82, 2.24) is 0 Å². The number of hydrogen-bond acceptors (Lipinski definition) is 2. The van der Waals surface area contributed by atoms with Crippen molar-refractivity contribution in [2.24, 2.45) is 0 Å². The summed E-state index contributed by atoms with van der Waals surface area (Å²) >= 11 is 6.39. The van der Waals surface area contributed by atoms with Gasteiger partial charge in [-0.1, -0.05) is 35.9 Å². The minimum Gasteiger partial charge on any atom is -0.313 e. The SMILES string of the molecule is CCN(C(=O)CCN(C(C)=O)c1c(C)cc(C)cc1Cl)c1ccccc1. The lowest BCUT2D eigenvalue weighted by atomic mass is 10.1. The van der Waals surface area contributed by atoms with Crippen LogP contribution in [0.15, 0.2) is 42.5 Å². The summed E-state index contributed by atoms with van der Waals surface area (Å²) in [5, 5.41) is 0.528. The Morgan fingerprint density at radius 3 is 2.23 bits per heavy atom. The third-order valence-electron chi connectivity index (χ3n) is 4.28. The maximum atomic E-state index is 12.7. The van der Waals surface area contributed by atoms with Gasteiger partial charge in [-0.15, -0.1) is 0 Å². The van der Waals surface area contributed by atoms with E-state index in [2.05, 4.69) is 0 Å². The molecule has 4 nitrogen and oxygen atoms in total. The van der Waals surface area contributed by atoms with Crippen LogP contribution in [0.3, 0.4) is 0 Å². The molecule has 0 N–H and O–H groups in total. The molecule has 0 saturated carbocycles. The predicted octanol–water partition coefficient (Wildman–Crippen LogP) is 4.75. The molecular weight excluding hydrogens is 348 g/mol. The minimum atomic E-state index is -0.130. The molecule has 0 aromatic heterocycles. The summed E-state index contributed by atoms with van der Waals surface area (Å²) in [6, 6.07) is 13.4. The standard InChI is InChI=1S/C21H25ClN2O2/c1-5-23(18-9-7-6-8-10-18)20(26)11-12-24(17(4)25)21-16(3)13-15(2)14-19(21)22/h6-10,13-14H,5,11-12H2,1-4H3. The number of carbonyl (C=O) groups excluding carboxylic acids is 2. The van der Waals surface area contributed by atoms with E-state index in [1.165, 1.54) is 6.92 Å². The highest BCUT2D eigenvalue weighted by molar-refractivity contribution is 6.34. The topological polar surface area (TPSA) is 40.6 Å². The number of benzene rings is 2. The third-order valence-corrected chi connectivity index (χ3v) is 4.57. The van der Waals surface area contributed by atoms with Gasteiger partial charge in [0.25, 0.3) is 0 Å². The molecule has 5 heteroatoms. The average molecular weight is 373 g/mol. The number of halogens is 1. The highest BCUT2D eigenvalue weighted by Crippen LogP contribution is 2.31. The largest absolute Gasteiger partial charge is 0.313 e. The van der Waals surface area contributed by atoms with Crippen LogP contribution in [0.25, 0.3) is 0 Å². The monoisotopic (exact) mass is 372 g/mol. The summed E-state index contributed by atoms with van der Waals surface area (Å²) in [6.45, 7) is 8.19. The number of rotatable bonds is 6. The number of amides is 2. The van der Waals surface area contributed by atoms with E-state index in [4.69, 9.17) is 11.6 Å². The molecule has 0 saturated heterocycles. The third kappa shape index (κ3) is 4.64. The van der Waals surface area contributed by atoms with Crippen LogP contribution in [0.4, 0.5) is 11.4 Å². The van der Waals surface area contributed by atoms with Gasteiger partial charge >= 0.3 is 0 Å². The highest BCUT2D eigenvalue weighted by Gasteiger charge is 2.21. The number of carbonyl (C=O) groups is 2. The quantitative estimate of drug-likeness (QED) is 0.733. The smallest absolute Gasteiger partial charge is 0.228 e. The van der Waals surface area contributed by atoms with E-state index in [0.29, 0.717) is 23.8 Å². The van der Waals surface area contributed by atoms with Crippen LogP contribution in [-0.2, 0) is 9.59 Å². The van der Waals surface area contributed by atoms with Gasteiger partial charge in [-0.3, -0.25) is 9.59 Å². The molecule has 0 aliphatic rings. The Kier molecular flexibility index (Phi) is 6.81. The van der Waals surface area contributed by atoms with E-state index in [1.807, 2.05) is 63.2 Å². The lowest BCUT2D eigenvalue weighted by Crippen LogP contribution is -2.36. The first-order valence-electron chi connectivity index (χ1n) is 8.75.